The van der Waals surface area contributed by atoms with Crippen molar-refractivity contribution in [2.45, 2.75) is 44.8 Å². The van der Waals surface area contributed by atoms with Crippen molar-refractivity contribution in [3.05, 3.63) is 35.6 Å². The number of nitrogens with zero attached hydrogens (tertiary/aromatic N) is 1. The molecule has 2 nitrogen and oxygen atoms in total. The number of likely N-dealkylation sites (tertiary alicyclic amines) is 1. The summed E-state index contributed by atoms with van der Waals surface area (Å²) in [5.74, 6) is -0.302. The van der Waals surface area contributed by atoms with Gasteiger partial charge in [-0.3, -0.25) is 4.90 Å². The number of piperidine rings is 1. The van der Waals surface area contributed by atoms with Crippen LogP contribution >= 0.6 is 0 Å². The predicted molar refractivity (Wildman–Crippen MR) is 70.9 cm³/mol. The molecule has 1 aromatic carbocycles. The fourth-order valence-electron chi connectivity index (χ4n) is 2.66. The van der Waals surface area contributed by atoms with Crippen LogP contribution in [0.15, 0.2) is 24.3 Å². The number of rotatable bonds is 1. The van der Waals surface area contributed by atoms with Crippen LogP contribution < -0.4 is 0 Å². The van der Waals surface area contributed by atoms with Crippen LogP contribution in [0.1, 0.15) is 39.2 Å². The van der Waals surface area contributed by atoms with E-state index in [-0.39, 0.29) is 11.4 Å². The Morgan fingerprint density at radius 1 is 1.17 bits per heavy atom. The summed E-state index contributed by atoms with van der Waals surface area (Å²) in [4.78, 5) is 2.34. The highest BCUT2D eigenvalue weighted by molar-refractivity contribution is 5.25. The van der Waals surface area contributed by atoms with Gasteiger partial charge in [-0.25, -0.2) is 4.39 Å². The summed E-state index contributed by atoms with van der Waals surface area (Å²) in [6.45, 7) is 8.10. The lowest BCUT2D eigenvalue weighted by atomic mass is 9.83. The average Bonchev–Trinajstić information content (AvgIpc) is 2.28. The highest BCUT2D eigenvalue weighted by Crippen LogP contribution is 2.35. The monoisotopic (exact) mass is 251 g/mol. The van der Waals surface area contributed by atoms with Crippen molar-refractivity contribution in [2.24, 2.45) is 0 Å². The smallest absolute Gasteiger partial charge is 0.129 e. The SMILES string of the molecule is CC(C)(C)N1CCC(O)(c2ccccc2F)CC1. The van der Waals surface area contributed by atoms with Crippen molar-refractivity contribution >= 4 is 0 Å². The molecule has 1 N–H and O–H groups in total. The van der Waals surface area contributed by atoms with Crippen molar-refractivity contribution in [1.29, 1.82) is 0 Å². The molecule has 1 heterocycles. The third kappa shape index (κ3) is 2.57. The van der Waals surface area contributed by atoms with Crippen molar-refractivity contribution < 1.29 is 9.50 Å². The van der Waals surface area contributed by atoms with E-state index in [0.717, 1.165) is 13.1 Å². The van der Waals surface area contributed by atoms with Crippen LogP contribution in [0.2, 0.25) is 0 Å². The quantitative estimate of drug-likeness (QED) is 0.829. The first kappa shape index (κ1) is 13.5. The Balaban J connectivity index is 2.15. The summed E-state index contributed by atoms with van der Waals surface area (Å²) in [5.41, 5.74) is -0.456. The number of aliphatic hydroxyl groups is 1. The lowest BCUT2D eigenvalue weighted by molar-refractivity contribution is -0.0482. The van der Waals surface area contributed by atoms with Crippen LogP contribution in [0.4, 0.5) is 4.39 Å². The van der Waals surface area contributed by atoms with Crippen LogP contribution in [-0.2, 0) is 5.60 Å². The van der Waals surface area contributed by atoms with Gasteiger partial charge in [0.2, 0.25) is 0 Å². The Morgan fingerprint density at radius 2 is 1.72 bits per heavy atom. The third-order valence-corrected chi connectivity index (χ3v) is 3.91. The minimum absolute atomic E-state index is 0.108. The first-order valence-corrected chi connectivity index (χ1v) is 6.55. The van der Waals surface area contributed by atoms with E-state index in [1.165, 1.54) is 6.07 Å². The van der Waals surface area contributed by atoms with Crippen molar-refractivity contribution in [3.63, 3.8) is 0 Å². The molecule has 1 aromatic rings. The molecule has 0 saturated carbocycles. The van der Waals surface area contributed by atoms with Gasteiger partial charge in [-0.05, 0) is 39.7 Å². The normalized spacial score (nSPS) is 20.9. The molecular weight excluding hydrogens is 229 g/mol. The fourth-order valence-corrected chi connectivity index (χ4v) is 2.66. The zero-order chi connectivity index (χ0) is 13.4. The lowest BCUT2D eigenvalue weighted by Crippen LogP contribution is -2.50. The molecule has 0 unspecified atom stereocenters. The first-order chi connectivity index (χ1) is 8.33. The van der Waals surface area contributed by atoms with Gasteiger partial charge in [0.1, 0.15) is 5.82 Å². The third-order valence-electron chi connectivity index (χ3n) is 3.91. The molecule has 1 aliphatic heterocycles. The van der Waals surface area contributed by atoms with E-state index in [0.29, 0.717) is 18.4 Å². The van der Waals surface area contributed by atoms with Gasteiger partial charge in [0.15, 0.2) is 0 Å². The van der Waals surface area contributed by atoms with Crippen LogP contribution in [-0.4, -0.2) is 28.6 Å². The van der Waals surface area contributed by atoms with Gasteiger partial charge in [-0.1, -0.05) is 18.2 Å². The molecule has 2 rings (SSSR count). The molecule has 0 amide bonds. The molecule has 0 atom stereocenters. The molecule has 18 heavy (non-hydrogen) atoms. The summed E-state index contributed by atoms with van der Waals surface area (Å²) >= 11 is 0. The maximum Gasteiger partial charge on any atom is 0.129 e. The van der Waals surface area contributed by atoms with Gasteiger partial charge in [0.05, 0.1) is 5.60 Å². The fraction of sp³-hybridized carbons (Fsp3) is 0.600. The highest BCUT2D eigenvalue weighted by atomic mass is 19.1. The predicted octanol–water partition coefficient (Wildman–Crippen LogP) is 2.91. The molecule has 0 spiro atoms. The minimum atomic E-state index is -1.01. The molecule has 0 aromatic heterocycles. The van der Waals surface area contributed by atoms with Gasteiger partial charge >= 0.3 is 0 Å². The summed E-state index contributed by atoms with van der Waals surface area (Å²) in [6, 6.07) is 6.56. The number of halogens is 1. The van der Waals surface area contributed by atoms with Gasteiger partial charge in [-0.2, -0.15) is 0 Å². The van der Waals surface area contributed by atoms with E-state index >= 15 is 0 Å². The maximum atomic E-state index is 13.8. The van der Waals surface area contributed by atoms with E-state index in [4.69, 9.17) is 0 Å². The van der Waals surface area contributed by atoms with E-state index in [1.54, 1.807) is 18.2 Å². The van der Waals surface area contributed by atoms with Crippen LogP contribution in [0.25, 0.3) is 0 Å². The second kappa shape index (κ2) is 4.63. The molecule has 3 heteroatoms. The zero-order valence-corrected chi connectivity index (χ0v) is 11.4. The van der Waals surface area contributed by atoms with Crippen LogP contribution in [0, 0.1) is 5.82 Å². The minimum Gasteiger partial charge on any atom is -0.385 e. The molecule has 0 bridgehead atoms. The van der Waals surface area contributed by atoms with E-state index in [2.05, 4.69) is 25.7 Å². The largest absolute Gasteiger partial charge is 0.385 e. The Hall–Kier alpha value is -0.930. The average molecular weight is 251 g/mol. The summed E-state index contributed by atoms with van der Waals surface area (Å²) in [7, 11) is 0. The molecule has 0 aliphatic carbocycles. The van der Waals surface area contributed by atoms with Gasteiger partial charge in [0.25, 0.3) is 0 Å². The molecule has 0 radical (unpaired) electrons. The first-order valence-electron chi connectivity index (χ1n) is 6.55. The second-order valence-corrected chi connectivity index (χ2v) is 6.17. The maximum absolute atomic E-state index is 13.8. The van der Waals surface area contributed by atoms with Gasteiger partial charge < -0.3 is 5.11 Å². The van der Waals surface area contributed by atoms with Crippen molar-refractivity contribution in [2.75, 3.05) is 13.1 Å². The Bertz CT molecular complexity index is 417. The Labute approximate surface area is 108 Å². The summed E-state index contributed by atoms with van der Waals surface area (Å²) in [6.07, 6.45) is 1.18. The Morgan fingerprint density at radius 3 is 2.22 bits per heavy atom. The molecule has 1 saturated heterocycles. The standard InChI is InChI=1S/C15H22FNO/c1-14(2,3)17-10-8-15(18,9-11-17)12-6-4-5-7-13(12)16/h4-7,18H,8-11H2,1-3H3. The van der Waals surface area contributed by atoms with Crippen molar-refractivity contribution in [1.82, 2.24) is 4.90 Å². The molecule has 1 fully saturated rings. The Kier molecular flexibility index (Phi) is 3.47. The van der Waals surface area contributed by atoms with Crippen LogP contribution in [0.3, 0.4) is 0 Å². The second-order valence-electron chi connectivity index (χ2n) is 6.17. The molecular formula is C15H22FNO. The van der Waals surface area contributed by atoms with Crippen molar-refractivity contribution in [3.8, 4) is 0 Å². The number of hydrogen-bond acceptors (Lipinski definition) is 2. The summed E-state index contributed by atoms with van der Waals surface area (Å²) in [5, 5.41) is 10.6. The number of hydrogen-bond donors (Lipinski definition) is 1. The highest BCUT2D eigenvalue weighted by Gasteiger charge is 2.38. The van der Waals surface area contributed by atoms with Crippen LogP contribution in [0.5, 0.6) is 0 Å². The number of benzene rings is 1. The van der Waals surface area contributed by atoms with E-state index in [9.17, 15) is 9.50 Å². The topological polar surface area (TPSA) is 23.5 Å². The van der Waals surface area contributed by atoms with Gasteiger partial charge in [0, 0.05) is 24.2 Å². The van der Waals surface area contributed by atoms with E-state index < -0.39 is 5.60 Å². The molecule has 100 valence electrons. The van der Waals surface area contributed by atoms with E-state index in [1.807, 2.05) is 0 Å². The summed E-state index contributed by atoms with van der Waals surface area (Å²) < 4.78 is 13.8. The van der Waals surface area contributed by atoms with Gasteiger partial charge in [-0.15, -0.1) is 0 Å². The zero-order valence-electron chi connectivity index (χ0n) is 11.4. The molecule has 1 aliphatic rings. The lowest BCUT2D eigenvalue weighted by Gasteiger charge is -2.44.